The average Bonchev–Trinajstić information content (AvgIpc) is 0.786. The Kier molecular flexibility index (Phi) is 27.8. The van der Waals surface area contributed by atoms with Crippen molar-refractivity contribution in [3.8, 4) is 0 Å². The smallest absolute Gasteiger partial charge is 0.355 e. The second kappa shape index (κ2) is 36.3. The molecule has 6 aliphatic rings. The Morgan fingerprint density at radius 1 is 0.464 bits per heavy atom. The maximum Gasteiger partial charge on any atom is 0.416 e. The Hall–Kier alpha value is -5.42. The molecule has 0 radical (unpaired) electrons. The number of para-hydroxylation sites is 3. The molecular weight excluding hydrogens is 1290 g/mol. The van der Waals surface area contributed by atoms with Crippen LogP contribution in [-0.4, -0.2) is 151 Å². The number of alkyl halides is 6. The van der Waals surface area contributed by atoms with Crippen molar-refractivity contribution in [3.63, 3.8) is 0 Å². The lowest BCUT2D eigenvalue weighted by Gasteiger charge is -2.35. The number of benzene rings is 6. The Morgan fingerprint density at radius 2 is 0.814 bits per heavy atom. The van der Waals surface area contributed by atoms with Gasteiger partial charge in [0.2, 0.25) is 5.91 Å². The van der Waals surface area contributed by atoms with Crippen LogP contribution in [0.4, 0.5) is 60.5 Å². The number of amides is 1. The van der Waals surface area contributed by atoms with Crippen LogP contribution < -0.4 is 31.1 Å². The highest BCUT2D eigenvalue weighted by molar-refractivity contribution is 8.00. The van der Waals surface area contributed by atoms with E-state index in [9.17, 15) is 31.1 Å². The quantitative estimate of drug-likeness (QED) is 0.0376. The van der Waals surface area contributed by atoms with Gasteiger partial charge >= 0.3 is 12.4 Å². The van der Waals surface area contributed by atoms with Crippen LogP contribution in [0.15, 0.2) is 157 Å². The van der Waals surface area contributed by atoms with Crippen molar-refractivity contribution < 1.29 is 31.1 Å². The second-order valence-electron chi connectivity index (χ2n) is 27.3. The molecule has 12 rings (SSSR count). The highest BCUT2D eigenvalue weighted by Gasteiger charge is 2.36. The fourth-order valence-corrected chi connectivity index (χ4v) is 17.7. The van der Waals surface area contributed by atoms with Crippen LogP contribution in [0.2, 0.25) is 0 Å². The lowest BCUT2D eigenvalue weighted by atomic mass is 9.92. The molecule has 97 heavy (non-hydrogen) atoms. The monoisotopic (exact) mass is 1390 g/mol. The number of piperidine rings is 3. The third kappa shape index (κ3) is 21.3. The summed E-state index contributed by atoms with van der Waals surface area (Å²) in [7, 11) is 6.23. The summed E-state index contributed by atoms with van der Waals surface area (Å²) < 4.78 is 80.3. The van der Waals surface area contributed by atoms with Crippen LogP contribution in [-0.2, 0) is 17.1 Å². The second-order valence-corrected chi connectivity index (χ2v) is 30.6. The fraction of sp³-hybridized carbons (Fsp3) is 0.519. The summed E-state index contributed by atoms with van der Waals surface area (Å²) in [5.41, 5.74) is 11.6. The molecule has 0 bridgehead atoms. The van der Waals surface area contributed by atoms with E-state index >= 15 is 0 Å². The standard InChI is InChI=1S/C26H34F3N3S.C26H36N4OS.C25H32F3N3S/c1-30(2)14-6-15-31-17-12-20(13-18-31)7-5-16-32-22-8-3-4-9-24(22)33-25-11-10-21(19-23(25)32)26(27,28)29;1-20-9-10-25-23(18-20)30(22-7-2-3-8-24(22)32-25)15-4-6-21-11-16-29(17-12-21)14-5-13-28-26(31)19-27;1-29-13-5-14-30-16-11-19(12-17-30)6-4-15-31-21-7-2-3-8-23(21)32-24-10-9-20(18-22(24)31)25(26,27)28/h3-4,8-11,19-20H,5-7,12-18H2,1-2H3;2-3,7-10,18,21H,4-6,11-17,19,27H2,1H3,(H,28,31);2-3,7-10,18-19,29H,4-6,11-17H2,1H3. The summed E-state index contributed by atoms with van der Waals surface area (Å²) in [5, 5.41) is 6.07. The number of carbonyl (C=O) groups is 1. The molecule has 0 saturated carbocycles. The summed E-state index contributed by atoms with van der Waals surface area (Å²) >= 11 is 5.01. The van der Waals surface area contributed by atoms with E-state index in [0.29, 0.717) is 23.2 Å². The number of hydrogen-bond acceptors (Lipinski definition) is 13. The summed E-state index contributed by atoms with van der Waals surface area (Å²) in [4.78, 5) is 34.6. The molecule has 11 nitrogen and oxygen atoms in total. The molecule has 0 spiro atoms. The molecule has 6 heterocycles. The zero-order valence-electron chi connectivity index (χ0n) is 57.4. The maximum atomic E-state index is 13.4. The number of nitrogens with zero attached hydrogens (tertiary/aromatic N) is 7. The Labute approximate surface area is 586 Å². The number of halogens is 6. The van der Waals surface area contributed by atoms with E-state index in [0.717, 1.165) is 134 Å². The first-order chi connectivity index (χ1) is 46.9. The van der Waals surface area contributed by atoms with E-state index in [1.54, 1.807) is 35.7 Å². The van der Waals surface area contributed by atoms with E-state index in [4.69, 9.17) is 5.73 Å². The molecule has 0 atom stereocenters. The summed E-state index contributed by atoms with van der Waals surface area (Å²) in [5.74, 6) is 2.20. The molecule has 0 aliphatic carbocycles. The van der Waals surface area contributed by atoms with E-state index in [1.807, 2.05) is 55.2 Å². The molecule has 6 aliphatic heterocycles. The highest BCUT2D eigenvalue weighted by Crippen LogP contribution is 2.52. The fourth-order valence-electron chi connectivity index (χ4n) is 14.5. The molecule has 1 amide bonds. The van der Waals surface area contributed by atoms with Gasteiger partial charge in [-0.3, -0.25) is 4.79 Å². The van der Waals surface area contributed by atoms with Gasteiger partial charge in [-0.25, -0.2) is 0 Å². The molecule has 0 unspecified atom stereocenters. The molecule has 20 heteroatoms. The number of carbonyl (C=O) groups excluding carboxylic acids is 1. The van der Waals surface area contributed by atoms with E-state index in [2.05, 4.69) is 121 Å². The van der Waals surface area contributed by atoms with Crippen molar-refractivity contribution in [2.75, 3.05) is 141 Å². The highest BCUT2D eigenvalue weighted by atomic mass is 32.2. The Morgan fingerprint density at radius 3 is 1.19 bits per heavy atom. The SMILES string of the molecule is CN(C)CCCN1CCC(CCCN2c3ccccc3Sc3ccc(C(F)(F)F)cc32)CC1.CNCCCN1CCC(CCCN2c3ccccc3Sc3ccc(C(F)(F)F)cc32)CC1.Cc1ccc2c(c1)N(CCCC1CCN(CCCNC(=O)CN)CC1)c1ccccc1S2. The number of nitrogens with two attached hydrogens (primary N) is 1. The minimum atomic E-state index is -4.33. The normalized spacial score (nSPS) is 17.1. The average molecular weight is 1390 g/mol. The summed E-state index contributed by atoms with van der Waals surface area (Å²) in [6.07, 6.45) is 8.97. The number of aryl methyl sites for hydroxylation is 1. The van der Waals surface area contributed by atoms with Gasteiger partial charge in [0.05, 0.1) is 51.8 Å². The maximum absolute atomic E-state index is 13.4. The summed E-state index contributed by atoms with van der Waals surface area (Å²) in [6.45, 7) is 18.2. The number of nitrogens with one attached hydrogen (secondary N) is 2. The van der Waals surface area contributed by atoms with Crippen molar-refractivity contribution in [3.05, 3.63) is 144 Å². The first-order valence-electron chi connectivity index (χ1n) is 35.5. The molecule has 6 aromatic carbocycles. The van der Waals surface area contributed by atoms with Gasteiger partial charge in [0.1, 0.15) is 0 Å². The minimum absolute atomic E-state index is 0.0589. The molecule has 0 aromatic heterocycles. The molecule has 3 fully saturated rings. The van der Waals surface area contributed by atoms with E-state index in [1.165, 1.54) is 148 Å². The Balaban J connectivity index is 0.000000158. The van der Waals surface area contributed by atoms with Gasteiger partial charge in [-0.2, -0.15) is 26.3 Å². The first kappa shape index (κ1) is 74.3. The van der Waals surface area contributed by atoms with Crippen LogP contribution in [0, 0.1) is 24.7 Å². The number of fused-ring (bicyclic) bond motifs is 6. The topological polar surface area (TPSA) is 89.8 Å². The van der Waals surface area contributed by atoms with Gasteiger partial charge in [-0.1, -0.05) is 77.8 Å². The van der Waals surface area contributed by atoms with Gasteiger partial charge < -0.3 is 50.7 Å². The number of likely N-dealkylation sites (tertiary alicyclic amines) is 3. The van der Waals surface area contributed by atoms with Crippen LogP contribution in [0.3, 0.4) is 0 Å². The van der Waals surface area contributed by atoms with Crippen molar-refractivity contribution in [2.45, 2.75) is 145 Å². The van der Waals surface area contributed by atoms with Gasteiger partial charge in [-0.05, 0) is 305 Å². The van der Waals surface area contributed by atoms with Crippen molar-refractivity contribution in [2.24, 2.45) is 23.5 Å². The van der Waals surface area contributed by atoms with Crippen LogP contribution in [0.5, 0.6) is 0 Å². The van der Waals surface area contributed by atoms with Crippen molar-refractivity contribution in [1.29, 1.82) is 0 Å². The molecule has 4 N–H and O–H groups in total. The number of hydrogen-bond donors (Lipinski definition) is 3. The van der Waals surface area contributed by atoms with Crippen molar-refractivity contribution >= 4 is 75.3 Å². The zero-order chi connectivity index (χ0) is 68.3. The Bertz CT molecular complexity index is 3440. The van der Waals surface area contributed by atoms with E-state index < -0.39 is 23.5 Å². The van der Waals surface area contributed by atoms with Gasteiger partial charge in [0.15, 0.2) is 0 Å². The van der Waals surface area contributed by atoms with Crippen molar-refractivity contribution in [1.82, 2.24) is 30.2 Å². The van der Waals surface area contributed by atoms with Crippen LogP contribution in [0.1, 0.15) is 113 Å². The predicted molar refractivity (Wildman–Crippen MR) is 390 cm³/mol. The molecular formula is C77H102F6N10OS3. The van der Waals surface area contributed by atoms with Gasteiger partial charge in [0, 0.05) is 55.6 Å². The van der Waals surface area contributed by atoms with Gasteiger partial charge in [0.25, 0.3) is 0 Å². The lowest BCUT2D eigenvalue weighted by molar-refractivity contribution is -0.138. The van der Waals surface area contributed by atoms with Crippen LogP contribution >= 0.6 is 35.3 Å². The zero-order valence-corrected chi connectivity index (χ0v) is 59.8. The minimum Gasteiger partial charge on any atom is -0.355 e. The molecule has 3 saturated heterocycles. The largest absolute Gasteiger partial charge is 0.416 e. The number of anilines is 6. The van der Waals surface area contributed by atoms with Gasteiger partial charge in [-0.15, -0.1) is 0 Å². The lowest BCUT2D eigenvalue weighted by Crippen LogP contribution is -2.37. The predicted octanol–water partition coefficient (Wildman–Crippen LogP) is 17.7. The first-order valence-corrected chi connectivity index (χ1v) is 37.9. The summed E-state index contributed by atoms with van der Waals surface area (Å²) in [6, 6.07) is 40.0. The molecule has 526 valence electrons. The van der Waals surface area contributed by atoms with Crippen LogP contribution in [0.25, 0.3) is 0 Å². The van der Waals surface area contributed by atoms with E-state index in [-0.39, 0.29) is 12.5 Å². The molecule has 6 aromatic rings. The third-order valence-electron chi connectivity index (χ3n) is 19.9. The number of rotatable bonds is 25. The third-order valence-corrected chi connectivity index (χ3v) is 23.3.